The lowest BCUT2D eigenvalue weighted by atomic mass is 10.2. The summed E-state index contributed by atoms with van der Waals surface area (Å²) in [7, 11) is 0. The van der Waals surface area contributed by atoms with Crippen molar-refractivity contribution < 1.29 is 14.3 Å². The highest BCUT2D eigenvalue weighted by molar-refractivity contribution is 5.95. The van der Waals surface area contributed by atoms with Gasteiger partial charge in [-0.05, 0) is 44.2 Å². The molecule has 140 valence electrons. The molecule has 0 unspecified atom stereocenters. The van der Waals surface area contributed by atoms with Gasteiger partial charge in [0.1, 0.15) is 5.75 Å². The van der Waals surface area contributed by atoms with Crippen LogP contribution in [-0.2, 0) is 9.59 Å². The van der Waals surface area contributed by atoms with Gasteiger partial charge in [0.25, 0.3) is 0 Å². The summed E-state index contributed by atoms with van der Waals surface area (Å²) >= 11 is 0. The number of amides is 2. The summed E-state index contributed by atoms with van der Waals surface area (Å²) in [6.45, 7) is 5.51. The lowest BCUT2D eigenvalue weighted by Gasteiger charge is -2.24. The molecule has 2 amide bonds. The number of para-hydroxylation sites is 2. The van der Waals surface area contributed by atoms with Gasteiger partial charge in [0, 0.05) is 25.6 Å². The van der Waals surface area contributed by atoms with Crippen molar-refractivity contribution >= 4 is 23.2 Å². The Morgan fingerprint density at radius 1 is 1.19 bits per heavy atom. The molecule has 0 radical (unpaired) electrons. The number of nitrogens with zero attached hydrogens (tertiary/aromatic N) is 2. The Labute approximate surface area is 159 Å². The average molecular weight is 365 g/mol. The van der Waals surface area contributed by atoms with Gasteiger partial charge in [0.05, 0.1) is 23.4 Å². The Hall–Kier alpha value is -3.33. The third kappa shape index (κ3) is 5.86. The van der Waals surface area contributed by atoms with Gasteiger partial charge < -0.3 is 15.0 Å². The minimum Gasteiger partial charge on any atom is -0.489 e. The van der Waals surface area contributed by atoms with E-state index in [2.05, 4.69) is 5.32 Å². The number of carbonyl (C=O) groups is 2. The fourth-order valence-electron chi connectivity index (χ4n) is 2.58. The number of ether oxygens (including phenoxy) is 1. The van der Waals surface area contributed by atoms with Gasteiger partial charge >= 0.3 is 0 Å². The Morgan fingerprint density at radius 2 is 1.93 bits per heavy atom. The van der Waals surface area contributed by atoms with Crippen molar-refractivity contribution in [3.05, 3.63) is 54.1 Å². The number of benzene rings is 2. The standard InChI is InChI=1S/C21H23N3O3/c1-15(2)27-20-10-5-4-9-19(20)24(16(3)25)12-11-21(26)23-18-8-6-7-17(13-18)14-22/h4-10,13,15H,11-12H2,1-3H3,(H,23,26). The van der Waals surface area contributed by atoms with Gasteiger partial charge in [0.2, 0.25) is 11.8 Å². The van der Waals surface area contributed by atoms with E-state index in [1.165, 1.54) is 11.8 Å². The number of hydrogen-bond acceptors (Lipinski definition) is 4. The van der Waals surface area contributed by atoms with Crippen molar-refractivity contribution in [2.24, 2.45) is 0 Å². The van der Waals surface area contributed by atoms with Crippen LogP contribution in [0.3, 0.4) is 0 Å². The van der Waals surface area contributed by atoms with Gasteiger partial charge in [-0.25, -0.2) is 0 Å². The topological polar surface area (TPSA) is 82.4 Å². The zero-order valence-corrected chi connectivity index (χ0v) is 15.7. The van der Waals surface area contributed by atoms with Crippen molar-refractivity contribution in [1.82, 2.24) is 0 Å². The van der Waals surface area contributed by atoms with E-state index in [9.17, 15) is 9.59 Å². The Morgan fingerprint density at radius 3 is 2.59 bits per heavy atom. The van der Waals surface area contributed by atoms with E-state index < -0.39 is 0 Å². The van der Waals surface area contributed by atoms with Crippen LogP contribution in [0.25, 0.3) is 0 Å². The highest BCUT2D eigenvalue weighted by atomic mass is 16.5. The quantitative estimate of drug-likeness (QED) is 0.810. The minimum absolute atomic E-state index is 0.0318. The van der Waals surface area contributed by atoms with Crippen LogP contribution in [0.5, 0.6) is 5.75 Å². The van der Waals surface area contributed by atoms with E-state index in [0.717, 1.165) is 0 Å². The molecule has 0 bridgehead atoms. The molecule has 0 aliphatic carbocycles. The molecule has 0 aliphatic heterocycles. The first-order valence-corrected chi connectivity index (χ1v) is 8.74. The molecule has 1 N–H and O–H groups in total. The second kappa shape index (κ2) is 9.39. The van der Waals surface area contributed by atoms with Crippen LogP contribution in [-0.4, -0.2) is 24.5 Å². The van der Waals surface area contributed by atoms with Crippen LogP contribution in [0, 0.1) is 11.3 Å². The van der Waals surface area contributed by atoms with Crippen LogP contribution < -0.4 is 15.0 Å². The van der Waals surface area contributed by atoms with E-state index in [1.54, 1.807) is 36.4 Å². The maximum atomic E-state index is 12.3. The number of rotatable bonds is 7. The normalized spacial score (nSPS) is 10.2. The van der Waals surface area contributed by atoms with Crippen LogP contribution in [0.4, 0.5) is 11.4 Å². The first kappa shape index (κ1) is 20.0. The molecule has 2 aromatic rings. The number of anilines is 2. The molecule has 2 rings (SSSR count). The zero-order valence-electron chi connectivity index (χ0n) is 15.7. The molecule has 0 aliphatic rings. The molecule has 0 spiro atoms. The Balaban J connectivity index is 2.08. The van der Waals surface area contributed by atoms with Crippen molar-refractivity contribution in [2.45, 2.75) is 33.3 Å². The second-order valence-corrected chi connectivity index (χ2v) is 6.30. The highest BCUT2D eigenvalue weighted by Gasteiger charge is 2.18. The fourth-order valence-corrected chi connectivity index (χ4v) is 2.58. The Bertz CT molecular complexity index is 856. The van der Waals surface area contributed by atoms with Gasteiger partial charge in [-0.3, -0.25) is 9.59 Å². The summed E-state index contributed by atoms with van der Waals surface area (Å²) in [6, 6.07) is 16.0. The molecule has 27 heavy (non-hydrogen) atoms. The first-order chi connectivity index (χ1) is 12.9. The minimum atomic E-state index is -0.237. The fraction of sp³-hybridized carbons (Fsp3) is 0.286. The SMILES string of the molecule is CC(=O)N(CCC(=O)Nc1cccc(C#N)c1)c1ccccc1OC(C)C. The van der Waals surface area contributed by atoms with Crippen LogP contribution in [0.15, 0.2) is 48.5 Å². The number of nitrogens with one attached hydrogen (secondary N) is 1. The summed E-state index contributed by atoms with van der Waals surface area (Å²) in [4.78, 5) is 25.9. The summed E-state index contributed by atoms with van der Waals surface area (Å²) in [5.74, 6) is 0.192. The van der Waals surface area contributed by atoms with E-state index in [0.29, 0.717) is 22.7 Å². The average Bonchev–Trinajstić information content (AvgIpc) is 2.62. The van der Waals surface area contributed by atoms with Gasteiger partial charge in [0.15, 0.2) is 0 Å². The zero-order chi connectivity index (χ0) is 19.8. The van der Waals surface area contributed by atoms with Crippen molar-refractivity contribution in [2.75, 3.05) is 16.8 Å². The summed E-state index contributed by atoms with van der Waals surface area (Å²) in [6.07, 6.45) is 0.0856. The predicted octanol–water partition coefficient (Wildman–Crippen LogP) is 3.73. The van der Waals surface area contributed by atoms with Gasteiger partial charge in [-0.15, -0.1) is 0 Å². The highest BCUT2D eigenvalue weighted by Crippen LogP contribution is 2.29. The summed E-state index contributed by atoms with van der Waals surface area (Å²) < 4.78 is 5.78. The molecular formula is C21H23N3O3. The lowest BCUT2D eigenvalue weighted by Crippen LogP contribution is -2.32. The van der Waals surface area contributed by atoms with E-state index in [-0.39, 0.29) is 30.9 Å². The third-order valence-electron chi connectivity index (χ3n) is 3.74. The van der Waals surface area contributed by atoms with E-state index in [1.807, 2.05) is 32.0 Å². The van der Waals surface area contributed by atoms with Gasteiger partial charge in [-0.1, -0.05) is 18.2 Å². The largest absolute Gasteiger partial charge is 0.489 e. The number of nitriles is 1. The monoisotopic (exact) mass is 365 g/mol. The summed E-state index contributed by atoms with van der Waals surface area (Å²) in [5, 5.41) is 11.7. The molecule has 0 fully saturated rings. The molecule has 0 aromatic heterocycles. The van der Waals surface area contributed by atoms with Crippen LogP contribution in [0.1, 0.15) is 32.8 Å². The third-order valence-corrected chi connectivity index (χ3v) is 3.74. The molecule has 6 heteroatoms. The van der Waals surface area contributed by atoms with Crippen molar-refractivity contribution in [1.29, 1.82) is 5.26 Å². The molecular weight excluding hydrogens is 342 g/mol. The van der Waals surface area contributed by atoms with Crippen LogP contribution >= 0.6 is 0 Å². The molecule has 0 saturated carbocycles. The second-order valence-electron chi connectivity index (χ2n) is 6.30. The molecule has 6 nitrogen and oxygen atoms in total. The molecule has 0 saturated heterocycles. The molecule has 2 aromatic carbocycles. The number of carbonyl (C=O) groups excluding carboxylic acids is 2. The Kier molecular flexibility index (Phi) is 6.95. The summed E-state index contributed by atoms with van der Waals surface area (Å²) in [5.41, 5.74) is 1.66. The van der Waals surface area contributed by atoms with E-state index >= 15 is 0 Å². The van der Waals surface area contributed by atoms with Crippen LogP contribution in [0.2, 0.25) is 0 Å². The maximum Gasteiger partial charge on any atom is 0.226 e. The smallest absolute Gasteiger partial charge is 0.226 e. The van der Waals surface area contributed by atoms with Crippen molar-refractivity contribution in [3.8, 4) is 11.8 Å². The maximum absolute atomic E-state index is 12.3. The first-order valence-electron chi connectivity index (χ1n) is 8.74. The number of hydrogen-bond donors (Lipinski definition) is 1. The lowest BCUT2D eigenvalue weighted by molar-refractivity contribution is -0.117. The molecule has 0 atom stereocenters. The predicted molar refractivity (Wildman–Crippen MR) is 105 cm³/mol. The van der Waals surface area contributed by atoms with Gasteiger partial charge in [-0.2, -0.15) is 5.26 Å². The van der Waals surface area contributed by atoms with Crippen molar-refractivity contribution in [3.63, 3.8) is 0 Å². The van der Waals surface area contributed by atoms with E-state index in [4.69, 9.17) is 10.00 Å². The molecule has 0 heterocycles.